The number of nitro benzene ring substituents is 2. The highest BCUT2D eigenvalue weighted by Gasteiger charge is 2.20. The van der Waals surface area contributed by atoms with Crippen molar-refractivity contribution in [3.05, 3.63) is 78.4 Å². The van der Waals surface area contributed by atoms with Crippen LogP contribution in [0.1, 0.15) is 32.6 Å². The average Bonchev–Trinajstić information content (AvgIpc) is 2.67. The van der Waals surface area contributed by atoms with Crippen LogP contribution in [-0.4, -0.2) is 28.0 Å². The van der Waals surface area contributed by atoms with E-state index in [0.717, 1.165) is 40.5 Å². The Labute approximate surface area is 170 Å². The van der Waals surface area contributed by atoms with Crippen LogP contribution in [0.3, 0.4) is 0 Å². The standard InChI is InChI=1S/C18H18N6O6/c1-10-4-11(2)16(12(3)5-10)9-19-21-18(26)22-20-17(25)13-6-14(23(27)28)8-15(7-13)24(29)30/h4-9H,1-3H3,(H,20,25)(H2,21,22,26)/b19-9-. The van der Waals surface area contributed by atoms with E-state index in [1.165, 1.54) is 6.21 Å². The minimum absolute atomic E-state index is 0.370. The first-order valence-corrected chi connectivity index (χ1v) is 8.49. The summed E-state index contributed by atoms with van der Waals surface area (Å²) in [5, 5.41) is 25.5. The molecule has 0 aromatic heterocycles. The minimum atomic E-state index is -0.980. The molecule has 3 amide bonds. The summed E-state index contributed by atoms with van der Waals surface area (Å²) in [6.45, 7) is 5.77. The van der Waals surface area contributed by atoms with Gasteiger partial charge >= 0.3 is 6.03 Å². The molecule has 2 rings (SSSR count). The van der Waals surface area contributed by atoms with Gasteiger partial charge in [-0.1, -0.05) is 17.7 Å². The molecule has 0 radical (unpaired) electrons. The number of carbonyl (C=O) groups excluding carboxylic acids is 2. The lowest BCUT2D eigenvalue weighted by molar-refractivity contribution is -0.394. The number of hydrazine groups is 1. The maximum atomic E-state index is 12.1. The number of nitrogens with one attached hydrogen (secondary N) is 3. The smallest absolute Gasteiger partial charge is 0.267 e. The summed E-state index contributed by atoms with van der Waals surface area (Å²) in [5.41, 5.74) is 8.37. The number of rotatable bonds is 5. The van der Waals surface area contributed by atoms with Crippen molar-refractivity contribution < 1.29 is 19.4 Å². The fourth-order valence-corrected chi connectivity index (χ4v) is 2.70. The highest BCUT2D eigenvalue weighted by Crippen LogP contribution is 2.22. The summed E-state index contributed by atoms with van der Waals surface area (Å²) in [5.74, 6) is -0.980. The normalized spacial score (nSPS) is 10.5. The number of nitrogens with zero attached hydrogens (tertiary/aromatic N) is 3. The first-order chi connectivity index (χ1) is 14.1. The summed E-state index contributed by atoms with van der Waals surface area (Å²) < 4.78 is 0. The number of urea groups is 1. The Morgan fingerprint density at radius 3 is 1.93 bits per heavy atom. The molecule has 0 atom stereocenters. The van der Waals surface area contributed by atoms with Crippen LogP contribution in [0.25, 0.3) is 0 Å². The summed E-state index contributed by atoms with van der Waals surface area (Å²) in [4.78, 5) is 43.9. The van der Waals surface area contributed by atoms with E-state index in [4.69, 9.17) is 0 Å². The Hall–Kier alpha value is -4.35. The van der Waals surface area contributed by atoms with Crippen molar-refractivity contribution in [2.45, 2.75) is 20.8 Å². The van der Waals surface area contributed by atoms with Gasteiger partial charge in [-0.25, -0.2) is 15.6 Å². The molecule has 3 N–H and O–H groups in total. The van der Waals surface area contributed by atoms with Crippen LogP contribution < -0.4 is 16.3 Å². The van der Waals surface area contributed by atoms with E-state index in [1.807, 2.05) is 43.8 Å². The molecule has 2 aromatic carbocycles. The molecule has 0 spiro atoms. The quantitative estimate of drug-likeness (QED) is 0.385. The maximum absolute atomic E-state index is 12.1. The summed E-state index contributed by atoms with van der Waals surface area (Å²) in [6.07, 6.45) is 1.45. The van der Waals surface area contributed by atoms with Gasteiger partial charge in [-0.15, -0.1) is 0 Å². The van der Waals surface area contributed by atoms with Gasteiger partial charge in [0.2, 0.25) is 0 Å². The maximum Gasteiger partial charge on any atom is 0.353 e. The second-order valence-electron chi connectivity index (χ2n) is 6.34. The molecule has 0 saturated carbocycles. The van der Waals surface area contributed by atoms with Crippen LogP contribution in [0.5, 0.6) is 0 Å². The van der Waals surface area contributed by atoms with Crippen molar-refractivity contribution in [2.75, 3.05) is 0 Å². The number of hydrogen-bond donors (Lipinski definition) is 3. The molecular formula is C18H18N6O6. The van der Waals surface area contributed by atoms with E-state index >= 15 is 0 Å². The van der Waals surface area contributed by atoms with Gasteiger partial charge < -0.3 is 0 Å². The third kappa shape index (κ3) is 5.58. The van der Waals surface area contributed by atoms with Crippen molar-refractivity contribution in [1.29, 1.82) is 0 Å². The van der Waals surface area contributed by atoms with Crippen LogP contribution in [0, 0.1) is 41.0 Å². The monoisotopic (exact) mass is 414 g/mol. The minimum Gasteiger partial charge on any atom is -0.267 e. The van der Waals surface area contributed by atoms with Crippen molar-refractivity contribution in [3.63, 3.8) is 0 Å². The number of non-ortho nitro benzene ring substituents is 2. The van der Waals surface area contributed by atoms with Gasteiger partial charge in [-0.3, -0.25) is 30.4 Å². The van der Waals surface area contributed by atoms with Gasteiger partial charge in [0.05, 0.1) is 27.7 Å². The zero-order valence-corrected chi connectivity index (χ0v) is 16.3. The fraction of sp³-hybridized carbons (Fsp3) is 0.167. The Kier molecular flexibility index (Phi) is 6.75. The van der Waals surface area contributed by atoms with E-state index in [2.05, 4.69) is 10.5 Å². The number of nitro groups is 2. The molecule has 30 heavy (non-hydrogen) atoms. The fourth-order valence-electron chi connectivity index (χ4n) is 2.70. The van der Waals surface area contributed by atoms with Crippen LogP contribution >= 0.6 is 0 Å². The molecule has 2 aromatic rings. The summed E-state index contributed by atoms with van der Waals surface area (Å²) in [7, 11) is 0. The van der Waals surface area contributed by atoms with Gasteiger partial charge in [0, 0.05) is 17.7 Å². The van der Waals surface area contributed by atoms with Crippen LogP contribution in [-0.2, 0) is 0 Å². The molecule has 0 unspecified atom stereocenters. The number of hydrogen-bond acceptors (Lipinski definition) is 7. The number of carbonyl (C=O) groups is 2. The van der Waals surface area contributed by atoms with E-state index < -0.39 is 33.2 Å². The Bertz CT molecular complexity index is 1010. The van der Waals surface area contributed by atoms with Crippen molar-refractivity contribution >= 4 is 29.5 Å². The SMILES string of the molecule is Cc1cc(C)c(/C=N\NC(=O)NNC(=O)c2cc([N+](=O)[O-])cc([N+](=O)[O-])c2)c(C)c1. The zero-order valence-electron chi connectivity index (χ0n) is 16.3. The molecule has 0 aliphatic carbocycles. The van der Waals surface area contributed by atoms with Crippen LogP contribution in [0.2, 0.25) is 0 Å². The lowest BCUT2D eigenvalue weighted by Gasteiger charge is -2.08. The second-order valence-corrected chi connectivity index (χ2v) is 6.34. The third-order valence-corrected chi connectivity index (χ3v) is 3.97. The predicted octanol–water partition coefficient (Wildman–Crippen LogP) is 2.41. The van der Waals surface area contributed by atoms with Gasteiger partial charge in [0.25, 0.3) is 17.3 Å². The summed E-state index contributed by atoms with van der Waals surface area (Å²) in [6, 6.07) is 5.47. The largest absolute Gasteiger partial charge is 0.353 e. The first-order valence-electron chi connectivity index (χ1n) is 8.49. The van der Waals surface area contributed by atoms with Crippen molar-refractivity contribution in [3.8, 4) is 0 Å². The number of aryl methyl sites for hydroxylation is 3. The Morgan fingerprint density at radius 1 is 0.900 bits per heavy atom. The third-order valence-electron chi connectivity index (χ3n) is 3.97. The highest BCUT2D eigenvalue weighted by molar-refractivity contribution is 5.96. The molecule has 0 fully saturated rings. The van der Waals surface area contributed by atoms with E-state index in [-0.39, 0.29) is 5.56 Å². The van der Waals surface area contributed by atoms with Crippen molar-refractivity contribution in [2.24, 2.45) is 5.10 Å². The molecule has 0 aliphatic rings. The molecule has 0 bridgehead atoms. The van der Waals surface area contributed by atoms with Gasteiger partial charge in [-0.2, -0.15) is 5.10 Å². The molecule has 0 heterocycles. The molecule has 12 nitrogen and oxygen atoms in total. The average molecular weight is 414 g/mol. The van der Waals surface area contributed by atoms with E-state index in [9.17, 15) is 29.8 Å². The topological polar surface area (TPSA) is 169 Å². The molecular weight excluding hydrogens is 396 g/mol. The number of hydrazone groups is 1. The number of benzene rings is 2. The number of amides is 3. The lowest BCUT2D eigenvalue weighted by atomic mass is 10.0. The van der Waals surface area contributed by atoms with Gasteiger partial charge in [0.1, 0.15) is 0 Å². The van der Waals surface area contributed by atoms with E-state index in [0.29, 0.717) is 0 Å². The molecule has 156 valence electrons. The van der Waals surface area contributed by atoms with E-state index in [1.54, 1.807) is 0 Å². The second kappa shape index (κ2) is 9.23. The van der Waals surface area contributed by atoms with Crippen molar-refractivity contribution in [1.82, 2.24) is 16.3 Å². The van der Waals surface area contributed by atoms with Gasteiger partial charge in [0.15, 0.2) is 0 Å². The lowest BCUT2D eigenvalue weighted by Crippen LogP contribution is -2.45. The Balaban J connectivity index is 2.01. The first kappa shape index (κ1) is 21.9. The molecule has 0 aliphatic heterocycles. The Morgan fingerprint density at radius 2 is 1.43 bits per heavy atom. The highest BCUT2D eigenvalue weighted by atomic mass is 16.6. The van der Waals surface area contributed by atoms with Gasteiger partial charge in [-0.05, 0) is 31.9 Å². The van der Waals surface area contributed by atoms with Crippen LogP contribution in [0.4, 0.5) is 16.2 Å². The predicted molar refractivity (Wildman–Crippen MR) is 107 cm³/mol. The molecule has 0 saturated heterocycles. The van der Waals surface area contributed by atoms with Crippen LogP contribution in [0.15, 0.2) is 35.4 Å². The summed E-state index contributed by atoms with van der Waals surface area (Å²) >= 11 is 0. The zero-order chi connectivity index (χ0) is 22.4. The molecule has 12 heteroatoms.